The Morgan fingerprint density at radius 2 is 1.19 bits per heavy atom. The van der Waals surface area contributed by atoms with Crippen molar-refractivity contribution in [3.05, 3.63) is 83.4 Å². The van der Waals surface area contributed by atoms with E-state index in [2.05, 4.69) is 10.0 Å². The minimum atomic E-state index is -4.04. The van der Waals surface area contributed by atoms with Crippen molar-refractivity contribution in [3.8, 4) is 0 Å². The van der Waals surface area contributed by atoms with Gasteiger partial charge in [-0.15, -0.1) is 0 Å². The molecule has 0 aromatic heterocycles. The van der Waals surface area contributed by atoms with Crippen LogP contribution in [0.25, 0.3) is 0 Å². The number of halogens is 1. The van der Waals surface area contributed by atoms with Crippen molar-refractivity contribution in [1.82, 2.24) is 4.72 Å². The fourth-order valence-corrected chi connectivity index (χ4v) is 4.60. The van der Waals surface area contributed by atoms with Crippen molar-refractivity contribution >= 4 is 49.1 Å². The second-order valence-corrected chi connectivity index (χ2v) is 10.3. The molecule has 3 N–H and O–H groups in total. The number of carbonyl (C=O) groups is 1. The standard InChI is InChI=1S/C20H18ClN3O5S2/c1-14-2-10-18(11-3-14)31(28,29)24-20(25)22-16-8-12-19(13-9-16)30(26,27)23-17-6-4-15(21)5-7-17/h2-13,23H,1H3,(H2,22,24,25). The zero-order valence-electron chi connectivity index (χ0n) is 16.2. The van der Waals surface area contributed by atoms with Gasteiger partial charge in [0.25, 0.3) is 20.0 Å². The molecule has 0 radical (unpaired) electrons. The third kappa shape index (κ3) is 5.97. The normalized spacial score (nSPS) is 11.5. The van der Waals surface area contributed by atoms with Crippen LogP contribution < -0.4 is 14.8 Å². The number of rotatable bonds is 6. The highest BCUT2D eigenvalue weighted by molar-refractivity contribution is 7.92. The first-order valence-electron chi connectivity index (χ1n) is 8.84. The molecule has 31 heavy (non-hydrogen) atoms. The molecule has 0 unspecified atom stereocenters. The van der Waals surface area contributed by atoms with Crippen LogP contribution >= 0.6 is 11.6 Å². The lowest BCUT2D eigenvalue weighted by atomic mass is 10.2. The average Bonchev–Trinajstić information content (AvgIpc) is 2.70. The summed E-state index contributed by atoms with van der Waals surface area (Å²) >= 11 is 5.79. The highest BCUT2D eigenvalue weighted by Gasteiger charge is 2.18. The number of carbonyl (C=O) groups excluding carboxylic acids is 1. The zero-order valence-corrected chi connectivity index (χ0v) is 18.6. The summed E-state index contributed by atoms with van der Waals surface area (Å²) in [7, 11) is -7.90. The Bertz CT molecular complexity index is 1290. The number of hydrogen-bond acceptors (Lipinski definition) is 5. The van der Waals surface area contributed by atoms with Gasteiger partial charge in [0.1, 0.15) is 0 Å². The van der Waals surface area contributed by atoms with Crippen LogP contribution in [0.4, 0.5) is 16.2 Å². The summed E-state index contributed by atoms with van der Waals surface area (Å²) in [6.07, 6.45) is 0. The molecule has 0 bridgehead atoms. The third-order valence-electron chi connectivity index (χ3n) is 4.08. The van der Waals surface area contributed by atoms with E-state index in [1.165, 1.54) is 48.5 Å². The van der Waals surface area contributed by atoms with Crippen LogP contribution in [0.3, 0.4) is 0 Å². The molecular weight excluding hydrogens is 462 g/mol. The molecule has 0 aliphatic heterocycles. The largest absolute Gasteiger partial charge is 0.333 e. The summed E-state index contributed by atoms with van der Waals surface area (Å²) in [6.45, 7) is 1.81. The summed E-state index contributed by atoms with van der Waals surface area (Å²) in [5.74, 6) is 0. The zero-order chi connectivity index (χ0) is 22.6. The van der Waals surface area contributed by atoms with Gasteiger partial charge in [0, 0.05) is 16.4 Å². The molecule has 0 spiro atoms. The lowest BCUT2D eigenvalue weighted by Crippen LogP contribution is -2.34. The highest BCUT2D eigenvalue weighted by atomic mass is 35.5. The summed E-state index contributed by atoms with van der Waals surface area (Å²) in [5, 5.41) is 2.83. The van der Waals surface area contributed by atoms with Gasteiger partial charge in [-0.3, -0.25) is 4.72 Å². The first-order chi connectivity index (χ1) is 14.5. The summed E-state index contributed by atoms with van der Waals surface area (Å²) < 4.78 is 53.8. The maximum atomic E-state index is 12.5. The van der Waals surface area contributed by atoms with Gasteiger partial charge in [-0.1, -0.05) is 29.3 Å². The minimum Gasteiger partial charge on any atom is -0.307 e. The predicted molar refractivity (Wildman–Crippen MR) is 119 cm³/mol. The van der Waals surface area contributed by atoms with E-state index in [-0.39, 0.29) is 15.5 Å². The maximum Gasteiger partial charge on any atom is 0.333 e. The van der Waals surface area contributed by atoms with E-state index in [0.717, 1.165) is 5.56 Å². The van der Waals surface area contributed by atoms with Gasteiger partial charge < -0.3 is 5.32 Å². The van der Waals surface area contributed by atoms with E-state index in [0.29, 0.717) is 10.7 Å². The third-order valence-corrected chi connectivity index (χ3v) is 7.07. The monoisotopic (exact) mass is 479 g/mol. The van der Waals surface area contributed by atoms with E-state index >= 15 is 0 Å². The van der Waals surface area contributed by atoms with Crippen molar-refractivity contribution in [3.63, 3.8) is 0 Å². The van der Waals surface area contributed by atoms with E-state index in [1.807, 2.05) is 11.6 Å². The molecule has 0 aliphatic carbocycles. The molecule has 3 aromatic carbocycles. The number of hydrogen-bond donors (Lipinski definition) is 3. The Kier molecular flexibility index (Phi) is 6.54. The van der Waals surface area contributed by atoms with E-state index in [1.54, 1.807) is 24.3 Å². The summed E-state index contributed by atoms with van der Waals surface area (Å²) in [4.78, 5) is 12.0. The molecule has 0 atom stereocenters. The topological polar surface area (TPSA) is 121 Å². The van der Waals surface area contributed by atoms with Crippen molar-refractivity contribution in [2.24, 2.45) is 0 Å². The van der Waals surface area contributed by atoms with Crippen LogP contribution in [0.2, 0.25) is 5.02 Å². The highest BCUT2D eigenvalue weighted by Crippen LogP contribution is 2.20. The molecule has 0 saturated carbocycles. The van der Waals surface area contributed by atoms with Crippen molar-refractivity contribution in [2.75, 3.05) is 10.0 Å². The minimum absolute atomic E-state index is 0.0410. The Hall–Kier alpha value is -3.08. The lowest BCUT2D eigenvalue weighted by Gasteiger charge is -2.11. The van der Waals surface area contributed by atoms with Gasteiger partial charge in [0.15, 0.2) is 0 Å². The fourth-order valence-electron chi connectivity index (χ4n) is 2.50. The van der Waals surface area contributed by atoms with Gasteiger partial charge in [0.2, 0.25) is 0 Å². The Labute approximate surface area is 185 Å². The van der Waals surface area contributed by atoms with Crippen LogP contribution in [0.15, 0.2) is 82.6 Å². The molecule has 0 aliphatic rings. The molecule has 8 nitrogen and oxygen atoms in total. The van der Waals surface area contributed by atoms with Crippen molar-refractivity contribution in [1.29, 1.82) is 0 Å². The Morgan fingerprint density at radius 3 is 1.77 bits per heavy atom. The quantitative estimate of drug-likeness (QED) is 0.494. The van der Waals surface area contributed by atoms with E-state index in [4.69, 9.17) is 11.6 Å². The van der Waals surface area contributed by atoms with Crippen LogP contribution in [-0.2, 0) is 20.0 Å². The Morgan fingerprint density at radius 1 is 0.710 bits per heavy atom. The van der Waals surface area contributed by atoms with Crippen LogP contribution in [0.5, 0.6) is 0 Å². The number of amides is 2. The second-order valence-electron chi connectivity index (χ2n) is 6.51. The molecular formula is C20H18ClN3O5S2. The first kappa shape index (κ1) is 22.6. The second kappa shape index (κ2) is 8.96. The SMILES string of the molecule is Cc1ccc(S(=O)(=O)NC(=O)Nc2ccc(S(=O)(=O)Nc3ccc(Cl)cc3)cc2)cc1. The van der Waals surface area contributed by atoms with Gasteiger partial charge in [0.05, 0.1) is 9.79 Å². The van der Waals surface area contributed by atoms with E-state index < -0.39 is 26.1 Å². The molecule has 162 valence electrons. The van der Waals surface area contributed by atoms with Gasteiger partial charge in [-0.25, -0.2) is 26.4 Å². The summed E-state index contributed by atoms with van der Waals surface area (Å²) in [6, 6.07) is 16.4. The molecule has 11 heteroatoms. The van der Waals surface area contributed by atoms with Gasteiger partial charge >= 0.3 is 6.03 Å². The van der Waals surface area contributed by atoms with E-state index in [9.17, 15) is 21.6 Å². The van der Waals surface area contributed by atoms with Crippen LogP contribution in [0.1, 0.15) is 5.56 Å². The van der Waals surface area contributed by atoms with Crippen LogP contribution in [0, 0.1) is 6.92 Å². The smallest absolute Gasteiger partial charge is 0.307 e. The molecule has 3 rings (SSSR count). The average molecular weight is 480 g/mol. The lowest BCUT2D eigenvalue weighted by molar-refractivity contribution is 0.256. The first-order valence-corrected chi connectivity index (χ1v) is 12.2. The number of benzene rings is 3. The molecule has 0 saturated heterocycles. The van der Waals surface area contributed by atoms with Gasteiger partial charge in [-0.2, -0.15) is 0 Å². The molecule has 2 amide bonds. The van der Waals surface area contributed by atoms with Crippen molar-refractivity contribution < 1.29 is 21.6 Å². The van der Waals surface area contributed by atoms with Crippen LogP contribution in [-0.4, -0.2) is 22.9 Å². The predicted octanol–water partition coefficient (Wildman–Crippen LogP) is 3.96. The number of anilines is 2. The molecule has 3 aromatic rings. The number of urea groups is 1. The molecule has 0 fully saturated rings. The number of aryl methyl sites for hydroxylation is 1. The number of sulfonamides is 2. The van der Waals surface area contributed by atoms with Crippen molar-refractivity contribution in [2.45, 2.75) is 16.7 Å². The Balaban J connectivity index is 1.66. The number of nitrogens with one attached hydrogen (secondary N) is 3. The fraction of sp³-hybridized carbons (Fsp3) is 0.0500. The van der Waals surface area contributed by atoms with Gasteiger partial charge in [-0.05, 0) is 67.6 Å². The molecule has 0 heterocycles. The maximum absolute atomic E-state index is 12.5. The summed E-state index contributed by atoms with van der Waals surface area (Å²) in [5.41, 5.74) is 1.43.